The summed E-state index contributed by atoms with van der Waals surface area (Å²) in [4.78, 5) is 11.5. The molecule has 1 aliphatic heterocycles. The zero-order valence-corrected chi connectivity index (χ0v) is 17.2. The second-order valence-electron chi connectivity index (χ2n) is 7.88. The molecule has 0 spiro atoms. The molecule has 1 fully saturated rings. The second kappa shape index (κ2) is 10.4. The Kier molecular flexibility index (Phi) is 7.67. The minimum Gasteiger partial charge on any atom is -0.463 e. The number of hydrogen-bond donors (Lipinski definition) is 1. The number of piperidine rings is 1. The Labute approximate surface area is 168 Å². The van der Waals surface area contributed by atoms with Gasteiger partial charge in [0.25, 0.3) is 0 Å². The summed E-state index contributed by atoms with van der Waals surface area (Å²) in [5, 5.41) is 9.58. The molecular formula is C22H33N5O. The van der Waals surface area contributed by atoms with E-state index >= 15 is 0 Å². The number of ether oxygens (including phenoxy) is 1. The monoisotopic (exact) mass is 383 g/mol. The zero-order chi connectivity index (χ0) is 19.8. The minimum atomic E-state index is 0.339. The molecule has 0 unspecified atom stereocenters. The molecule has 0 amide bonds. The normalized spacial score (nSPS) is 16.9. The van der Waals surface area contributed by atoms with Crippen LogP contribution in [0.1, 0.15) is 76.0 Å². The second-order valence-corrected chi connectivity index (χ2v) is 7.88. The number of nitriles is 1. The van der Waals surface area contributed by atoms with Crippen molar-refractivity contribution in [2.24, 2.45) is 0 Å². The van der Waals surface area contributed by atoms with Gasteiger partial charge >= 0.3 is 6.01 Å². The number of nitrogens with two attached hydrogens (primary N) is 1. The van der Waals surface area contributed by atoms with E-state index in [0.717, 1.165) is 48.1 Å². The van der Waals surface area contributed by atoms with Gasteiger partial charge in [-0.3, -0.25) is 0 Å². The molecule has 2 aliphatic rings. The van der Waals surface area contributed by atoms with Crippen LogP contribution in [0.5, 0.6) is 6.01 Å². The van der Waals surface area contributed by atoms with Crippen LogP contribution in [0.15, 0.2) is 5.57 Å². The maximum atomic E-state index is 9.58. The van der Waals surface area contributed by atoms with E-state index in [1.807, 2.05) is 0 Å². The first-order valence-corrected chi connectivity index (χ1v) is 10.9. The van der Waals surface area contributed by atoms with Gasteiger partial charge in [-0.1, -0.05) is 26.2 Å². The van der Waals surface area contributed by atoms with E-state index in [1.165, 1.54) is 51.7 Å². The average molecular weight is 384 g/mol. The third kappa shape index (κ3) is 5.23. The van der Waals surface area contributed by atoms with Crippen LogP contribution in [0.25, 0.3) is 5.57 Å². The number of likely N-dealkylation sites (tertiary alicyclic amines) is 1. The van der Waals surface area contributed by atoms with E-state index in [9.17, 15) is 5.26 Å². The first kappa shape index (κ1) is 20.6. The molecule has 3 rings (SSSR count). The number of anilines is 1. The fraction of sp³-hybridized carbons (Fsp3) is 0.682. The Hall–Kier alpha value is -2.13. The number of nitrogen functional groups attached to an aromatic ring is 1. The molecule has 2 heterocycles. The van der Waals surface area contributed by atoms with Gasteiger partial charge in [-0.2, -0.15) is 15.2 Å². The molecular weight excluding hydrogens is 350 g/mol. The van der Waals surface area contributed by atoms with Crippen molar-refractivity contribution >= 4 is 11.4 Å². The van der Waals surface area contributed by atoms with E-state index in [2.05, 4.69) is 27.9 Å². The highest BCUT2D eigenvalue weighted by Crippen LogP contribution is 2.37. The SMILES string of the molecule is CCCCOc1nc(N)c2c(n1)C(CCCCCN1CCCCC1)=C(C#N)C2. The molecule has 1 aromatic rings. The van der Waals surface area contributed by atoms with Crippen LogP contribution >= 0.6 is 0 Å². The molecule has 1 aromatic heterocycles. The fourth-order valence-electron chi connectivity index (χ4n) is 4.08. The van der Waals surface area contributed by atoms with Crippen molar-refractivity contribution in [3.63, 3.8) is 0 Å². The quantitative estimate of drug-likeness (QED) is 0.612. The number of rotatable bonds is 10. The minimum absolute atomic E-state index is 0.339. The third-order valence-corrected chi connectivity index (χ3v) is 5.74. The molecule has 0 bridgehead atoms. The van der Waals surface area contributed by atoms with Crippen LogP contribution in [0.4, 0.5) is 5.82 Å². The van der Waals surface area contributed by atoms with Crippen molar-refractivity contribution in [3.8, 4) is 12.1 Å². The summed E-state index contributed by atoms with van der Waals surface area (Å²) in [5.41, 5.74) is 9.71. The Bertz CT molecular complexity index is 731. The lowest BCUT2D eigenvalue weighted by Gasteiger charge is -2.26. The largest absolute Gasteiger partial charge is 0.463 e. The first-order valence-electron chi connectivity index (χ1n) is 10.9. The lowest BCUT2D eigenvalue weighted by atomic mass is 10.0. The number of aromatic nitrogens is 2. The number of hydrogen-bond acceptors (Lipinski definition) is 6. The molecule has 6 heteroatoms. The Balaban J connectivity index is 1.57. The Morgan fingerprint density at radius 2 is 1.93 bits per heavy atom. The number of nitrogens with zero attached hydrogens (tertiary/aromatic N) is 4. The Morgan fingerprint density at radius 3 is 2.68 bits per heavy atom. The van der Waals surface area contributed by atoms with Crippen molar-refractivity contribution in [1.29, 1.82) is 5.26 Å². The summed E-state index contributed by atoms with van der Waals surface area (Å²) < 4.78 is 5.67. The van der Waals surface area contributed by atoms with E-state index < -0.39 is 0 Å². The number of fused-ring (bicyclic) bond motifs is 1. The highest BCUT2D eigenvalue weighted by Gasteiger charge is 2.26. The molecule has 152 valence electrons. The summed E-state index contributed by atoms with van der Waals surface area (Å²) in [5.74, 6) is 0.448. The highest BCUT2D eigenvalue weighted by molar-refractivity contribution is 5.79. The van der Waals surface area contributed by atoms with Crippen LogP contribution in [-0.2, 0) is 6.42 Å². The van der Waals surface area contributed by atoms with Gasteiger partial charge < -0.3 is 15.4 Å². The summed E-state index contributed by atoms with van der Waals surface area (Å²) >= 11 is 0. The van der Waals surface area contributed by atoms with Crippen molar-refractivity contribution in [2.45, 2.75) is 71.1 Å². The average Bonchev–Trinajstić information content (AvgIpc) is 3.07. The first-order chi connectivity index (χ1) is 13.7. The molecule has 2 N–H and O–H groups in total. The van der Waals surface area contributed by atoms with E-state index in [1.54, 1.807) is 0 Å². The molecule has 1 saturated heterocycles. The topological polar surface area (TPSA) is 88.1 Å². The van der Waals surface area contributed by atoms with Gasteiger partial charge in [0, 0.05) is 17.6 Å². The smallest absolute Gasteiger partial charge is 0.318 e. The molecule has 1 aliphatic carbocycles. The molecule has 28 heavy (non-hydrogen) atoms. The van der Waals surface area contributed by atoms with Gasteiger partial charge in [-0.15, -0.1) is 0 Å². The van der Waals surface area contributed by atoms with Crippen LogP contribution in [0, 0.1) is 11.3 Å². The van der Waals surface area contributed by atoms with Crippen molar-refractivity contribution in [1.82, 2.24) is 14.9 Å². The zero-order valence-electron chi connectivity index (χ0n) is 17.2. The standard InChI is InChI=1S/C22H33N5O/c1-2-3-14-28-22-25-20-18(17(16-23)15-19(20)21(24)26-22)10-6-4-7-11-27-12-8-5-9-13-27/h2-15H2,1H3,(H2,24,25,26). The summed E-state index contributed by atoms with van der Waals surface area (Å²) in [6, 6.07) is 2.70. The number of unbranched alkanes of at least 4 members (excludes halogenated alkanes) is 3. The van der Waals surface area contributed by atoms with Gasteiger partial charge in [0.05, 0.1) is 18.4 Å². The van der Waals surface area contributed by atoms with E-state index in [0.29, 0.717) is 24.9 Å². The fourth-order valence-corrected chi connectivity index (χ4v) is 4.08. The lowest BCUT2D eigenvalue weighted by Crippen LogP contribution is -2.30. The van der Waals surface area contributed by atoms with Crippen LogP contribution < -0.4 is 10.5 Å². The number of allylic oxidation sites excluding steroid dienone is 2. The van der Waals surface area contributed by atoms with Crippen molar-refractivity contribution in [2.75, 3.05) is 32.0 Å². The van der Waals surface area contributed by atoms with Gasteiger partial charge in [0.15, 0.2) is 0 Å². The lowest BCUT2D eigenvalue weighted by molar-refractivity contribution is 0.224. The van der Waals surface area contributed by atoms with Crippen LogP contribution in [-0.4, -0.2) is 41.1 Å². The maximum Gasteiger partial charge on any atom is 0.318 e. The molecule has 0 aromatic carbocycles. The maximum absolute atomic E-state index is 9.58. The van der Waals surface area contributed by atoms with Crippen molar-refractivity contribution in [3.05, 3.63) is 16.8 Å². The summed E-state index contributed by atoms with van der Waals surface area (Å²) in [6.45, 7) is 6.43. The summed E-state index contributed by atoms with van der Waals surface area (Å²) in [7, 11) is 0. The van der Waals surface area contributed by atoms with Crippen LogP contribution in [0.2, 0.25) is 0 Å². The van der Waals surface area contributed by atoms with Gasteiger partial charge in [-0.25, -0.2) is 0 Å². The Morgan fingerprint density at radius 1 is 1.11 bits per heavy atom. The van der Waals surface area contributed by atoms with Gasteiger partial charge in [0.2, 0.25) is 0 Å². The predicted molar refractivity (Wildman–Crippen MR) is 112 cm³/mol. The molecule has 6 nitrogen and oxygen atoms in total. The molecule has 0 saturated carbocycles. The summed E-state index contributed by atoms with van der Waals surface area (Å²) in [6.07, 6.45) is 11.0. The predicted octanol–water partition coefficient (Wildman–Crippen LogP) is 4.12. The van der Waals surface area contributed by atoms with Crippen LogP contribution in [0.3, 0.4) is 0 Å². The third-order valence-electron chi connectivity index (χ3n) is 5.74. The van der Waals surface area contributed by atoms with Gasteiger partial charge in [0.1, 0.15) is 5.82 Å². The van der Waals surface area contributed by atoms with E-state index in [-0.39, 0.29) is 0 Å². The molecule has 0 atom stereocenters. The molecule has 0 radical (unpaired) electrons. The van der Waals surface area contributed by atoms with Crippen molar-refractivity contribution < 1.29 is 4.74 Å². The van der Waals surface area contributed by atoms with E-state index in [4.69, 9.17) is 10.5 Å². The highest BCUT2D eigenvalue weighted by atomic mass is 16.5. The van der Waals surface area contributed by atoms with Gasteiger partial charge in [-0.05, 0) is 63.7 Å².